The molecule has 0 fully saturated rings. The van der Waals surface area contributed by atoms with E-state index >= 15 is 0 Å². The van der Waals surface area contributed by atoms with Gasteiger partial charge in [0.25, 0.3) is 5.91 Å². The molecule has 1 aliphatic rings. The van der Waals surface area contributed by atoms with Crippen LogP contribution in [0.2, 0.25) is 0 Å². The highest BCUT2D eigenvalue weighted by molar-refractivity contribution is 6.07. The number of carbonyl (C=O) groups excluding carboxylic acids is 2. The molecule has 4 heteroatoms. The Bertz CT molecular complexity index is 292. The fourth-order valence-electron chi connectivity index (χ4n) is 0.716. The summed E-state index contributed by atoms with van der Waals surface area (Å²) in [6.45, 7) is 10.3. The fourth-order valence-corrected chi connectivity index (χ4v) is 0.716. The van der Waals surface area contributed by atoms with Gasteiger partial charge in [-0.2, -0.15) is 0 Å². The van der Waals surface area contributed by atoms with Crippen LogP contribution in [-0.4, -0.2) is 11.8 Å². The van der Waals surface area contributed by atoms with Crippen LogP contribution in [0.1, 0.15) is 41.0 Å². The smallest absolute Gasteiger partial charge is 0.255 e. The summed E-state index contributed by atoms with van der Waals surface area (Å²) < 4.78 is 0. The second-order valence-corrected chi connectivity index (χ2v) is 5.20. The van der Waals surface area contributed by atoms with Crippen molar-refractivity contribution in [1.29, 1.82) is 0 Å². The Morgan fingerprint density at radius 3 is 1.93 bits per heavy atom. The summed E-state index contributed by atoms with van der Waals surface area (Å²) in [6, 6.07) is 0. The van der Waals surface area contributed by atoms with Gasteiger partial charge in [0.05, 0.1) is 6.42 Å². The summed E-state index contributed by atoms with van der Waals surface area (Å²) in [5.41, 5.74) is 6.67. The van der Waals surface area contributed by atoms with Crippen LogP contribution in [0.4, 0.5) is 0 Å². The highest BCUT2D eigenvalue weighted by Gasteiger charge is 2.19. The summed E-state index contributed by atoms with van der Waals surface area (Å²) in [4.78, 5) is 21.3. The minimum atomic E-state index is -0.381. The maximum absolute atomic E-state index is 10.7. The summed E-state index contributed by atoms with van der Waals surface area (Å²) >= 11 is 0. The van der Waals surface area contributed by atoms with Crippen molar-refractivity contribution in [2.75, 3.05) is 0 Å². The minimum absolute atomic E-state index is 0.136. The van der Waals surface area contributed by atoms with E-state index in [1.165, 1.54) is 0 Å². The van der Waals surface area contributed by atoms with Gasteiger partial charge in [0.2, 0.25) is 5.91 Å². The van der Waals surface area contributed by atoms with Crippen LogP contribution in [0.25, 0.3) is 0 Å². The molecule has 86 valence electrons. The Morgan fingerprint density at radius 2 is 1.60 bits per heavy atom. The van der Waals surface area contributed by atoms with Crippen molar-refractivity contribution in [2.24, 2.45) is 11.1 Å². The third-order valence-corrected chi connectivity index (χ3v) is 1.43. The van der Waals surface area contributed by atoms with Gasteiger partial charge in [0.15, 0.2) is 0 Å². The number of hydrogen-bond donors (Lipinski definition) is 2. The molecule has 0 radical (unpaired) electrons. The minimum Gasteiger partial charge on any atom is -0.401 e. The molecule has 0 bridgehead atoms. The number of carbonyl (C=O) groups is 2. The monoisotopic (exact) mass is 212 g/mol. The van der Waals surface area contributed by atoms with Crippen LogP contribution in [-0.2, 0) is 9.59 Å². The largest absolute Gasteiger partial charge is 0.401 e. The van der Waals surface area contributed by atoms with Crippen LogP contribution in [0, 0.1) is 5.41 Å². The molecule has 0 aromatic rings. The van der Waals surface area contributed by atoms with E-state index in [0.717, 1.165) is 0 Å². The summed E-state index contributed by atoms with van der Waals surface area (Å²) in [6.07, 6.45) is 0.136. The SMILES string of the molecule is CC(C)(C)C.CC1=C(N)CC(=O)NC1=O. The van der Waals surface area contributed by atoms with Crippen LogP contribution >= 0.6 is 0 Å². The van der Waals surface area contributed by atoms with E-state index in [1.54, 1.807) is 6.92 Å². The second-order valence-electron chi connectivity index (χ2n) is 5.20. The molecule has 0 saturated carbocycles. The standard InChI is InChI=1S/C6H8N2O2.C5H12/c1-3-4(7)2-5(9)8-6(3)10;1-5(2,3)4/h2,7H2,1H3,(H,8,9,10);1-4H3. The third kappa shape index (κ3) is 6.71. The molecule has 0 spiro atoms. The number of imide groups is 1. The van der Waals surface area contributed by atoms with E-state index in [4.69, 9.17) is 5.73 Å². The predicted molar refractivity (Wildman–Crippen MR) is 59.8 cm³/mol. The van der Waals surface area contributed by atoms with Crippen LogP contribution < -0.4 is 11.1 Å². The maximum Gasteiger partial charge on any atom is 0.255 e. The van der Waals surface area contributed by atoms with Crippen molar-refractivity contribution < 1.29 is 9.59 Å². The van der Waals surface area contributed by atoms with Crippen molar-refractivity contribution in [1.82, 2.24) is 5.32 Å². The molecule has 0 aromatic carbocycles. The van der Waals surface area contributed by atoms with Crippen LogP contribution in [0.15, 0.2) is 11.3 Å². The Morgan fingerprint density at radius 1 is 1.20 bits per heavy atom. The van der Waals surface area contributed by atoms with E-state index in [2.05, 4.69) is 33.0 Å². The summed E-state index contributed by atoms with van der Waals surface area (Å²) in [5, 5.41) is 2.14. The van der Waals surface area contributed by atoms with E-state index < -0.39 is 0 Å². The van der Waals surface area contributed by atoms with Gasteiger partial charge in [-0.3, -0.25) is 14.9 Å². The number of amides is 2. The first kappa shape index (κ1) is 13.7. The molecule has 0 aliphatic carbocycles. The molecule has 0 unspecified atom stereocenters. The lowest BCUT2D eigenvalue weighted by atomic mass is 10.0. The first-order valence-corrected chi connectivity index (χ1v) is 4.90. The highest BCUT2D eigenvalue weighted by Crippen LogP contribution is 2.08. The number of rotatable bonds is 0. The van der Waals surface area contributed by atoms with E-state index in [-0.39, 0.29) is 18.2 Å². The molecule has 1 rings (SSSR count). The third-order valence-electron chi connectivity index (χ3n) is 1.43. The Labute approximate surface area is 90.9 Å². The van der Waals surface area contributed by atoms with Gasteiger partial charge in [0.1, 0.15) is 0 Å². The lowest BCUT2D eigenvalue weighted by Gasteiger charge is -2.12. The highest BCUT2D eigenvalue weighted by atomic mass is 16.2. The van der Waals surface area contributed by atoms with E-state index in [1.807, 2.05) is 0 Å². The van der Waals surface area contributed by atoms with Gasteiger partial charge in [-0.15, -0.1) is 0 Å². The van der Waals surface area contributed by atoms with E-state index in [9.17, 15) is 9.59 Å². The molecule has 0 atom stereocenters. The number of nitrogens with one attached hydrogen (secondary N) is 1. The normalized spacial score (nSPS) is 16.9. The van der Waals surface area contributed by atoms with Gasteiger partial charge in [-0.05, 0) is 12.3 Å². The molecule has 0 aromatic heterocycles. The molecular formula is C11H20N2O2. The van der Waals surface area contributed by atoms with Crippen LogP contribution in [0.3, 0.4) is 0 Å². The quantitative estimate of drug-likeness (QED) is 0.595. The fraction of sp³-hybridized carbons (Fsp3) is 0.636. The summed E-state index contributed by atoms with van der Waals surface area (Å²) in [7, 11) is 0. The van der Waals surface area contributed by atoms with Crippen molar-refractivity contribution in [3.63, 3.8) is 0 Å². The van der Waals surface area contributed by atoms with Crippen molar-refractivity contribution in [3.8, 4) is 0 Å². The van der Waals surface area contributed by atoms with Crippen molar-refractivity contribution >= 4 is 11.8 Å². The zero-order valence-electron chi connectivity index (χ0n) is 10.1. The Balaban J connectivity index is 0.000000336. The summed E-state index contributed by atoms with van der Waals surface area (Å²) in [5.74, 6) is -0.707. The van der Waals surface area contributed by atoms with Gasteiger partial charge >= 0.3 is 0 Å². The zero-order chi connectivity index (χ0) is 12.2. The number of nitrogens with two attached hydrogens (primary N) is 1. The topological polar surface area (TPSA) is 72.2 Å². The van der Waals surface area contributed by atoms with Crippen molar-refractivity contribution in [2.45, 2.75) is 41.0 Å². The lowest BCUT2D eigenvalue weighted by Crippen LogP contribution is -2.37. The first-order valence-electron chi connectivity index (χ1n) is 4.90. The maximum atomic E-state index is 10.7. The molecule has 15 heavy (non-hydrogen) atoms. The zero-order valence-corrected chi connectivity index (χ0v) is 10.1. The average Bonchev–Trinajstić information content (AvgIpc) is 1.96. The lowest BCUT2D eigenvalue weighted by molar-refractivity contribution is -0.129. The van der Waals surface area contributed by atoms with Gasteiger partial charge < -0.3 is 5.73 Å². The molecule has 2 amide bonds. The first-order chi connectivity index (χ1) is 6.61. The second kappa shape index (κ2) is 4.96. The molecule has 0 saturated heterocycles. The van der Waals surface area contributed by atoms with Gasteiger partial charge in [-0.25, -0.2) is 0 Å². The molecule has 4 nitrogen and oxygen atoms in total. The Hall–Kier alpha value is -1.32. The molecule has 3 N–H and O–H groups in total. The molecular weight excluding hydrogens is 192 g/mol. The molecule has 1 heterocycles. The number of hydrogen-bond acceptors (Lipinski definition) is 3. The molecule has 1 aliphatic heterocycles. The Kier molecular flexibility index (Phi) is 4.52. The van der Waals surface area contributed by atoms with Crippen LogP contribution in [0.5, 0.6) is 0 Å². The van der Waals surface area contributed by atoms with Gasteiger partial charge in [-0.1, -0.05) is 27.7 Å². The predicted octanol–water partition coefficient (Wildman–Crippen LogP) is 1.32. The average molecular weight is 212 g/mol. The van der Waals surface area contributed by atoms with Crippen molar-refractivity contribution in [3.05, 3.63) is 11.3 Å². The van der Waals surface area contributed by atoms with Gasteiger partial charge in [0, 0.05) is 11.3 Å². The van der Waals surface area contributed by atoms with E-state index in [0.29, 0.717) is 16.7 Å².